The topological polar surface area (TPSA) is 15.3 Å². The van der Waals surface area contributed by atoms with Gasteiger partial charge < -0.3 is 5.32 Å². The van der Waals surface area contributed by atoms with Crippen molar-refractivity contribution in [2.24, 2.45) is 5.92 Å². The Morgan fingerprint density at radius 3 is 2.67 bits per heavy atom. The number of hydrogen-bond acceptors (Lipinski definition) is 2. The van der Waals surface area contributed by atoms with Crippen molar-refractivity contribution in [1.82, 2.24) is 10.2 Å². The van der Waals surface area contributed by atoms with Gasteiger partial charge in [0, 0.05) is 12.6 Å². The van der Waals surface area contributed by atoms with Crippen LogP contribution in [0.1, 0.15) is 33.1 Å². The molecule has 1 aliphatic heterocycles. The summed E-state index contributed by atoms with van der Waals surface area (Å²) in [6, 6.07) is 0.528. The predicted molar refractivity (Wildman–Crippen MR) is 67.1 cm³/mol. The molecule has 1 aliphatic rings. The van der Waals surface area contributed by atoms with E-state index in [0.29, 0.717) is 6.04 Å². The molecule has 2 nitrogen and oxygen atoms in total. The van der Waals surface area contributed by atoms with E-state index in [9.17, 15) is 0 Å². The molecule has 15 heavy (non-hydrogen) atoms. The van der Waals surface area contributed by atoms with Crippen LogP contribution >= 0.6 is 0 Å². The fourth-order valence-corrected chi connectivity index (χ4v) is 2.29. The monoisotopic (exact) mass is 210 g/mol. The number of nitrogens with one attached hydrogen (secondary N) is 1. The van der Waals surface area contributed by atoms with E-state index >= 15 is 0 Å². The van der Waals surface area contributed by atoms with Crippen LogP contribution < -0.4 is 5.32 Å². The Balaban J connectivity index is 2.37. The van der Waals surface area contributed by atoms with E-state index in [-0.39, 0.29) is 0 Å². The van der Waals surface area contributed by atoms with Crippen LogP contribution in [0.5, 0.6) is 0 Å². The highest BCUT2D eigenvalue weighted by Crippen LogP contribution is 2.15. The third-order valence-electron chi connectivity index (χ3n) is 3.38. The fraction of sp³-hybridized carbons (Fsp3) is 0.846. The quantitative estimate of drug-likeness (QED) is 0.677. The van der Waals surface area contributed by atoms with E-state index in [1.807, 2.05) is 0 Å². The van der Waals surface area contributed by atoms with Crippen LogP contribution in [0.4, 0.5) is 0 Å². The summed E-state index contributed by atoms with van der Waals surface area (Å²) in [5.74, 6) is 0.889. The number of nitrogens with zero attached hydrogens (tertiary/aromatic N) is 1. The van der Waals surface area contributed by atoms with Gasteiger partial charge in [-0.25, -0.2) is 0 Å². The van der Waals surface area contributed by atoms with Crippen molar-refractivity contribution < 1.29 is 0 Å². The lowest BCUT2D eigenvalue weighted by molar-refractivity contribution is 0.183. The van der Waals surface area contributed by atoms with Gasteiger partial charge in [0.2, 0.25) is 0 Å². The summed E-state index contributed by atoms with van der Waals surface area (Å²) in [7, 11) is 0. The average Bonchev–Trinajstić information content (AvgIpc) is 2.29. The summed E-state index contributed by atoms with van der Waals surface area (Å²) in [5.41, 5.74) is 0. The van der Waals surface area contributed by atoms with Crippen molar-refractivity contribution in [3.05, 3.63) is 12.7 Å². The molecule has 1 atom stereocenters. The van der Waals surface area contributed by atoms with E-state index in [1.54, 1.807) is 0 Å². The van der Waals surface area contributed by atoms with Crippen molar-refractivity contribution in [3.8, 4) is 0 Å². The van der Waals surface area contributed by atoms with Gasteiger partial charge in [-0.05, 0) is 51.7 Å². The minimum Gasteiger partial charge on any atom is -0.317 e. The zero-order chi connectivity index (χ0) is 11.1. The maximum atomic E-state index is 3.90. The van der Waals surface area contributed by atoms with Crippen LogP contribution in [0.25, 0.3) is 0 Å². The predicted octanol–water partition coefficient (Wildman–Crippen LogP) is 2.27. The van der Waals surface area contributed by atoms with Gasteiger partial charge in [-0.15, -0.1) is 6.58 Å². The number of piperidine rings is 1. The molecule has 0 radical (unpaired) electrons. The highest BCUT2D eigenvalue weighted by Gasteiger charge is 2.18. The summed E-state index contributed by atoms with van der Waals surface area (Å²) >= 11 is 0. The molecule has 0 amide bonds. The first kappa shape index (κ1) is 12.7. The van der Waals surface area contributed by atoms with Gasteiger partial charge in [-0.2, -0.15) is 0 Å². The molecule has 88 valence electrons. The Morgan fingerprint density at radius 1 is 1.47 bits per heavy atom. The molecular formula is C13H26N2. The first-order valence-corrected chi connectivity index (χ1v) is 6.35. The third-order valence-corrected chi connectivity index (χ3v) is 3.38. The SMILES string of the molecule is C=CC(C)N(CCC)CC1CCNCC1. The number of hydrogen-bond donors (Lipinski definition) is 1. The van der Waals surface area contributed by atoms with Gasteiger partial charge >= 0.3 is 0 Å². The van der Waals surface area contributed by atoms with E-state index < -0.39 is 0 Å². The molecule has 1 unspecified atom stereocenters. The molecule has 0 aromatic carbocycles. The van der Waals surface area contributed by atoms with Gasteiger partial charge in [0.05, 0.1) is 0 Å². The van der Waals surface area contributed by atoms with Crippen LogP contribution in [0.2, 0.25) is 0 Å². The first-order chi connectivity index (χ1) is 7.27. The molecule has 1 rings (SSSR count). The van der Waals surface area contributed by atoms with Gasteiger partial charge in [0.1, 0.15) is 0 Å². The zero-order valence-corrected chi connectivity index (χ0v) is 10.3. The lowest BCUT2D eigenvalue weighted by atomic mass is 9.97. The second-order valence-corrected chi connectivity index (χ2v) is 4.66. The van der Waals surface area contributed by atoms with Crippen LogP contribution in [-0.4, -0.2) is 37.1 Å². The van der Waals surface area contributed by atoms with Crippen LogP contribution in [0.15, 0.2) is 12.7 Å². The van der Waals surface area contributed by atoms with Crippen LogP contribution in [0, 0.1) is 5.92 Å². The van der Waals surface area contributed by atoms with E-state index in [4.69, 9.17) is 0 Å². The molecule has 0 aromatic rings. The Morgan fingerprint density at radius 2 is 2.13 bits per heavy atom. The second-order valence-electron chi connectivity index (χ2n) is 4.66. The Bertz CT molecular complexity index is 173. The Hall–Kier alpha value is -0.340. The smallest absolute Gasteiger partial charge is 0.0247 e. The third kappa shape index (κ3) is 4.35. The molecule has 0 spiro atoms. The van der Waals surface area contributed by atoms with Crippen molar-refractivity contribution in [1.29, 1.82) is 0 Å². The molecule has 2 heteroatoms. The summed E-state index contributed by atoms with van der Waals surface area (Å²) in [5, 5.41) is 3.42. The summed E-state index contributed by atoms with van der Waals surface area (Å²) in [6.45, 7) is 13.3. The molecule has 0 bridgehead atoms. The molecule has 0 aromatic heterocycles. The van der Waals surface area contributed by atoms with Gasteiger partial charge in [-0.3, -0.25) is 4.90 Å². The maximum Gasteiger partial charge on any atom is 0.0247 e. The fourth-order valence-electron chi connectivity index (χ4n) is 2.29. The van der Waals surface area contributed by atoms with E-state index in [1.165, 1.54) is 45.4 Å². The standard InChI is InChI=1S/C13H26N2/c1-4-10-15(12(3)5-2)11-13-6-8-14-9-7-13/h5,12-14H,2,4,6-11H2,1,3H3. The summed E-state index contributed by atoms with van der Waals surface area (Å²) < 4.78 is 0. The molecular weight excluding hydrogens is 184 g/mol. The molecule has 1 saturated heterocycles. The van der Waals surface area contributed by atoms with Gasteiger partial charge in [0.25, 0.3) is 0 Å². The zero-order valence-electron chi connectivity index (χ0n) is 10.3. The second kappa shape index (κ2) is 7.02. The lowest BCUT2D eigenvalue weighted by Crippen LogP contribution is -2.40. The highest BCUT2D eigenvalue weighted by atomic mass is 15.1. The minimum atomic E-state index is 0.528. The first-order valence-electron chi connectivity index (χ1n) is 6.35. The Kier molecular flexibility index (Phi) is 5.96. The normalized spacial score (nSPS) is 20.5. The average molecular weight is 210 g/mol. The van der Waals surface area contributed by atoms with Crippen molar-refractivity contribution in [2.75, 3.05) is 26.2 Å². The number of rotatable bonds is 6. The van der Waals surface area contributed by atoms with Crippen LogP contribution in [0.3, 0.4) is 0 Å². The molecule has 0 aliphatic carbocycles. The van der Waals surface area contributed by atoms with Crippen molar-refractivity contribution in [2.45, 2.75) is 39.2 Å². The van der Waals surface area contributed by atoms with Crippen LogP contribution in [-0.2, 0) is 0 Å². The molecule has 1 fully saturated rings. The Labute approximate surface area is 94.7 Å². The molecule has 1 N–H and O–H groups in total. The van der Waals surface area contributed by atoms with Crippen molar-refractivity contribution >= 4 is 0 Å². The molecule has 1 heterocycles. The molecule has 0 saturated carbocycles. The largest absolute Gasteiger partial charge is 0.317 e. The highest BCUT2D eigenvalue weighted by molar-refractivity contribution is 4.85. The van der Waals surface area contributed by atoms with E-state index in [0.717, 1.165) is 5.92 Å². The summed E-state index contributed by atoms with van der Waals surface area (Å²) in [4.78, 5) is 2.57. The van der Waals surface area contributed by atoms with E-state index in [2.05, 4.69) is 36.7 Å². The van der Waals surface area contributed by atoms with Gasteiger partial charge in [0.15, 0.2) is 0 Å². The lowest BCUT2D eigenvalue weighted by Gasteiger charge is -2.32. The van der Waals surface area contributed by atoms with Crippen molar-refractivity contribution in [3.63, 3.8) is 0 Å². The van der Waals surface area contributed by atoms with Gasteiger partial charge in [-0.1, -0.05) is 13.0 Å². The summed E-state index contributed by atoms with van der Waals surface area (Å²) in [6.07, 6.45) is 5.98. The minimum absolute atomic E-state index is 0.528. The maximum absolute atomic E-state index is 3.90.